The largest absolute Gasteiger partial charge is 0.383 e. The van der Waals surface area contributed by atoms with Gasteiger partial charge in [0.15, 0.2) is 19.7 Å². The molecule has 1 aliphatic heterocycles. The Morgan fingerprint density at radius 1 is 1.24 bits per heavy atom. The smallest absolute Gasteiger partial charge is 0.183 e. The lowest BCUT2D eigenvalue weighted by Crippen LogP contribution is -2.44. The van der Waals surface area contributed by atoms with Crippen LogP contribution in [0.25, 0.3) is 0 Å². The van der Waals surface area contributed by atoms with E-state index in [-0.39, 0.29) is 16.4 Å². The van der Waals surface area contributed by atoms with Crippen LogP contribution in [0, 0.1) is 0 Å². The van der Waals surface area contributed by atoms with E-state index >= 15 is 0 Å². The molecule has 6 nitrogen and oxygen atoms in total. The summed E-state index contributed by atoms with van der Waals surface area (Å²) in [6.07, 6.45) is 0. The number of ether oxygens (including phenoxy) is 1. The lowest BCUT2D eigenvalue weighted by Gasteiger charge is -2.19. The zero-order valence-electron chi connectivity index (χ0n) is 11.7. The first-order chi connectivity index (χ1) is 9.87. The molecular weight excluding hydrogens is 314 g/mol. The quantitative estimate of drug-likeness (QED) is 0.729. The van der Waals surface area contributed by atoms with Gasteiger partial charge in [-0.2, -0.15) is 0 Å². The van der Waals surface area contributed by atoms with Gasteiger partial charge in [-0.1, -0.05) is 18.2 Å². The van der Waals surface area contributed by atoms with Crippen LogP contribution in [0.15, 0.2) is 35.2 Å². The Hall–Kier alpha value is -0.960. The zero-order chi connectivity index (χ0) is 15.5. The molecule has 0 aromatic heterocycles. The Morgan fingerprint density at radius 2 is 1.90 bits per heavy atom. The summed E-state index contributed by atoms with van der Waals surface area (Å²) in [4.78, 5) is 0.158. The fourth-order valence-electron chi connectivity index (χ4n) is 2.44. The van der Waals surface area contributed by atoms with Crippen molar-refractivity contribution in [3.8, 4) is 0 Å². The van der Waals surface area contributed by atoms with E-state index in [4.69, 9.17) is 4.74 Å². The maximum Gasteiger partial charge on any atom is 0.183 e. The number of benzene rings is 1. The minimum absolute atomic E-state index is 0.158. The van der Waals surface area contributed by atoms with Crippen LogP contribution >= 0.6 is 0 Å². The van der Waals surface area contributed by atoms with E-state index in [9.17, 15) is 16.8 Å². The summed E-state index contributed by atoms with van der Waals surface area (Å²) in [6.45, 7) is 0.812. The van der Waals surface area contributed by atoms with Crippen molar-refractivity contribution >= 4 is 19.7 Å². The summed E-state index contributed by atoms with van der Waals surface area (Å²) in [5, 5.41) is 2.02. The number of hydrogen-bond acceptors (Lipinski definition) is 6. The third-order valence-corrected chi connectivity index (χ3v) is 7.65. The van der Waals surface area contributed by atoms with Crippen LogP contribution in [0.3, 0.4) is 0 Å². The molecule has 21 heavy (non-hydrogen) atoms. The minimum Gasteiger partial charge on any atom is -0.383 e. The third-order valence-electron chi connectivity index (χ3n) is 3.48. The Kier molecular flexibility index (Phi) is 5.03. The molecule has 1 aromatic carbocycles. The summed E-state index contributed by atoms with van der Waals surface area (Å²) < 4.78 is 53.8. The second-order valence-corrected chi connectivity index (χ2v) is 9.35. The molecule has 0 amide bonds. The van der Waals surface area contributed by atoms with Crippen molar-refractivity contribution in [3.05, 3.63) is 30.3 Å². The monoisotopic (exact) mass is 333 g/mol. The molecule has 0 saturated carbocycles. The topological polar surface area (TPSA) is 89.5 Å². The van der Waals surface area contributed by atoms with Crippen molar-refractivity contribution in [2.45, 2.75) is 16.2 Å². The highest BCUT2D eigenvalue weighted by Crippen LogP contribution is 2.25. The van der Waals surface area contributed by atoms with Gasteiger partial charge in [0, 0.05) is 19.7 Å². The highest BCUT2D eigenvalue weighted by molar-refractivity contribution is 7.96. The minimum atomic E-state index is -3.68. The predicted molar refractivity (Wildman–Crippen MR) is 79.7 cm³/mol. The van der Waals surface area contributed by atoms with Gasteiger partial charge in [-0.15, -0.1) is 0 Å². The summed E-state index contributed by atoms with van der Waals surface area (Å²) in [7, 11) is -5.50. The van der Waals surface area contributed by atoms with Gasteiger partial charge in [0.05, 0.1) is 28.3 Å². The van der Waals surface area contributed by atoms with Crippen molar-refractivity contribution in [2.75, 3.05) is 31.8 Å². The van der Waals surface area contributed by atoms with Crippen LogP contribution in [-0.4, -0.2) is 59.9 Å². The molecule has 0 unspecified atom stereocenters. The van der Waals surface area contributed by atoms with Crippen molar-refractivity contribution in [2.24, 2.45) is 0 Å². The van der Waals surface area contributed by atoms with Crippen LogP contribution in [0.2, 0.25) is 0 Å². The first-order valence-electron chi connectivity index (χ1n) is 6.58. The van der Waals surface area contributed by atoms with Gasteiger partial charge >= 0.3 is 0 Å². The molecule has 118 valence electrons. The summed E-state index contributed by atoms with van der Waals surface area (Å²) in [5.41, 5.74) is 0. The molecule has 0 spiro atoms. The van der Waals surface area contributed by atoms with E-state index in [1.807, 2.05) is 0 Å². The second-order valence-electron chi connectivity index (χ2n) is 5.03. The van der Waals surface area contributed by atoms with E-state index in [1.165, 1.54) is 19.2 Å². The van der Waals surface area contributed by atoms with Crippen molar-refractivity contribution in [1.82, 2.24) is 5.32 Å². The standard InChI is InChI=1S/C13H19NO5S2/c1-19-8-7-14-12-9-20(15,16)10-13(12)21(17,18)11-5-3-2-4-6-11/h2-6,12-14H,7-10H2,1H3/t12-,13-/m0/s1. The molecule has 1 fully saturated rings. The first-order valence-corrected chi connectivity index (χ1v) is 9.95. The molecule has 1 heterocycles. The highest BCUT2D eigenvalue weighted by atomic mass is 32.2. The van der Waals surface area contributed by atoms with E-state index < -0.39 is 31.0 Å². The lowest BCUT2D eigenvalue weighted by molar-refractivity contribution is 0.196. The molecular formula is C13H19NO5S2. The number of nitrogens with one attached hydrogen (secondary N) is 1. The van der Waals surface area contributed by atoms with E-state index in [1.54, 1.807) is 18.2 Å². The fraction of sp³-hybridized carbons (Fsp3) is 0.538. The second kappa shape index (κ2) is 6.43. The lowest BCUT2D eigenvalue weighted by atomic mass is 10.2. The van der Waals surface area contributed by atoms with Crippen molar-refractivity contribution < 1.29 is 21.6 Å². The van der Waals surface area contributed by atoms with Crippen molar-refractivity contribution in [3.63, 3.8) is 0 Å². The van der Waals surface area contributed by atoms with Gasteiger partial charge < -0.3 is 10.1 Å². The number of methoxy groups -OCH3 is 1. The predicted octanol–water partition coefficient (Wildman–Crippen LogP) is -0.138. The Morgan fingerprint density at radius 3 is 2.52 bits per heavy atom. The van der Waals surface area contributed by atoms with Gasteiger partial charge in [-0.25, -0.2) is 16.8 Å². The molecule has 1 N–H and O–H groups in total. The first kappa shape index (κ1) is 16.4. The molecule has 2 rings (SSSR count). The highest BCUT2D eigenvalue weighted by Gasteiger charge is 2.45. The summed E-state index contributed by atoms with van der Waals surface area (Å²) in [5.74, 6) is -0.498. The van der Waals surface area contributed by atoms with Crippen LogP contribution in [-0.2, 0) is 24.4 Å². The van der Waals surface area contributed by atoms with E-state index in [2.05, 4.69) is 5.32 Å². The van der Waals surface area contributed by atoms with Gasteiger partial charge in [0.2, 0.25) is 0 Å². The van der Waals surface area contributed by atoms with Crippen LogP contribution in [0.4, 0.5) is 0 Å². The summed E-state index contributed by atoms with van der Waals surface area (Å²) in [6, 6.07) is 7.36. The Bertz CT molecular complexity index is 670. The number of rotatable bonds is 6. The molecule has 0 aliphatic carbocycles. The molecule has 0 radical (unpaired) electrons. The molecule has 2 atom stereocenters. The van der Waals surface area contributed by atoms with Gasteiger partial charge in [-0.05, 0) is 12.1 Å². The number of sulfone groups is 2. The van der Waals surface area contributed by atoms with Gasteiger partial charge in [0.1, 0.15) is 0 Å². The maximum atomic E-state index is 12.6. The van der Waals surface area contributed by atoms with Gasteiger partial charge in [0.25, 0.3) is 0 Å². The Balaban J connectivity index is 2.26. The van der Waals surface area contributed by atoms with Crippen molar-refractivity contribution in [1.29, 1.82) is 0 Å². The van der Waals surface area contributed by atoms with E-state index in [0.29, 0.717) is 13.2 Å². The van der Waals surface area contributed by atoms with E-state index in [0.717, 1.165) is 0 Å². The SMILES string of the molecule is COCCN[C@H]1CS(=O)(=O)C[C@@H]1S(=O)(=O)c1ccccc1. The molecule has 1 aromatic rings. The average molecular weight is 333 g/mol. The fourth-order valence-corrected chi connectivity index (χ4v) is 7.18. The normalized spacial score (nSPS) is 25.0. The third kappa shape index (κ3) is 3.82. The molecule has 1 saturated heterocycles. The summed E-state index contributed by atoms with van der Waals surface area (Å²) >= 11 is 0. The zero-order valence-corrected chi connectivity index (χ0v) is 13.4. The molecule has 8 heteroatoms. The van der Waals surface area contributed by atoms with Crippen LogP contribution in [0.5, 0.6) is 0 Å². The molecule has 1 aliphatic rings. The Labute approximate surface area is 125 Å². The molecule has 0 bridgehead atoms. The number of hydrogen-bond donors (Lipinski definition) is 1. The van der Waals surface area contributed by atoms with Crippen LogP contribution in [0.1, 0.15) is 0 Å². The maximum absolute atomic E-state index is 12.6. The average Bonchev–Trinajstić information content (AvgIpc) is 2.76. The van der Waals surface area contributed by atoms with Gasteiger partial charge in [-0.3, -0.25) is 0 Å². The van der Waals surface area contributed by atoms with Crippen LogP contribution < -0.4 is 5.32 Å².